The molecule has 3 heterocycles. The van der Waals surface area contributed by atoms with Crippen molar-refractivity contribution < 1.29 is 32.9 Å². The molecular weight excluding hydrogens is 511 g/mol. The summed E-state index contributed by atoms with van der Waals surface area (Å²) in [6.07, 6.45) is -2.41. The van der Waals surface area contributed by atoms with E-state index in [1.54, 1.807) is 52.1 Å². The highest BCUT2D eigenvalue weighted by atomic mass is 19.1. The van der Waals surface area contributed by atoms with Crippen LogP contribution in [0.4, 0.5) is 16.2 Å². The van der Waals surface area contributed by atoms with Crippen molar-refractivity contribution >= 4 is 34.9 Å². The van der Waals surface area contributed by atoms with Crippen molar-refractivity contribution in [2.75, 3.05) is 31.5 Å². The molecule has 0 amide bonds. The maximum Gasteiger partial charge on any atom is 0.313 e. The van der Waals surface area contributed by atoms with Gasteiger partial charge in [0.25, 0.3) is 0 Å². The van der Waals surface area contributed by atoms with Crippen LogP contribution >= 0.6 is 0 Å². The fourth-order valence-corrected chi connectivity index (χ4v) is 4.23. The monoisotopic (exact) mass is 544 g/mol. The van der Waals surface area contributed by atoms with Gasteiger partial charge in [-0.1, -0.05) is 30.3 Å². The predicted molar refractivity (Wildman–Crippen MR) is 139 cm³/mol. The average molecular weight is 545 g/mol. The number of carbonyl (C=O) groups excluding carboxylic acids is 2. The second-order valence-electron chi connectivity index (χ2n) is 10.4. The number of alkyl halides is 1. The zero-order valence-electron chi connectivity index (χ0n) is 22.5. The third-order valence-electron chi connectivity index (χ3n) is 6.23. The maximum atomic E-state index is 16.6. The van der Waals surface area contributed by atoms with E-state index in [9.17, 15) is 9.59 Å². The van der Waals surface area contributed by atoms with Crippen molar-refractivity contribution in [2.24, 2.45) is 5.41 Å². The molecule has 1 fully saturated rings. The first-order valence-electron chi connectivity index (χ1n) is 12.4. The highest BCUT2D eigenvalue weighted by Crippen LogP contribution is 2.44. The van der Waals surface area contributed by atoms with Crippen molar-refractivity contribution in [1.82, 2.24) is 19.5 Å². The minimum atomic E-state index is -2.24. The average Bonchev–Trinajstić information content (AvgIpc) is 3.39. The second kappa shape index (κ2) is 11.1. The summed E-state index contributed by atoms with van der Waals surface area (Å²) < 4.78 is 40.3. The summed E-state index contributed by atoms with van der Waals surface area (Å²) in [5.41, 5.74) is 4.20. The van der Waals surface area contributed by atoms with E-state index in [1.165, 1.54) is 17.8 Å². The summed E-state index contributed by atoms with van der Waals surface area (Å²) in [6, 6.07) is 8.96. The Kier molecular flexibility index (Phi) is 8.02. The van der Waals surface area contributed by atoms with Gasteiger partial charge < -0.3 is 30.0 Å². The number of fused-ring (bicyclic) bond motifs is 1. The maximum absolute atomic E-state index is 16.6. The summed E-state index contributed by atoms with van der Waals surface area (Å²) >= 11 is 0. The van der Waals surface area contributed by atoms with Crippen molar-refractivity contribution in [3.8, 4) is 0 Å². The summed E-state index contributed by atoms with van der Waals surface area (Å²) in [5.74, 6) is -0.779. The van der Waals surface area contributed by atoms with Crippen LogP contribution in [-0.4, -0.2) is 69.8 Å². The zero-order valence-corrected chi connectivity index (χ0v) is 22.5. The van der Waals surface area contributed by atoms with Gasteiger partial charge in [0.1, 0.15) is 6.10 Å². The molecule has 3 aromatic rings. The van der Waals surface area contributed by atoms with Crippen LogP contribution in [0.5, 0.6) is 0 Å². The fraction of sp³-hybridized carbons (Fsp3) is 0.500. The van der Waals surface area contributed by atoms with Crippen LogP contribution in [0.2, 0.25) is 0 Å². The molecule has 0 bridgehead atoms. The largest absolute Gasteiger partial charge is 0.456 e. The smallest absolute Gasteiger partial charge is 0.313 e. The number of hydrogen-bond donors (Lipinski definition) is 2. The van der Waals surface area contributed by atoms with Crippen LogP contribution in [0.1, 0.15) is 39.5 Å². The number of anilines is 2. The number of nitrogens with one attached hydrogen (secondary N) is 1. The number of nitrogens with two attached hydrogens (primary N) is 1. The van der Waals surface area contributed by atoms with E-state index in [4.69, 9.17) is 24.7 Å². The van der Waals surface area contributed by atoms with E-state index in [-0.39, 0.29) is 31.4 Å². The SMILES string of the molecule is CNc1nc(N)nc2c1ncn2[C@@H]1O[C@H](COCOC(=O)C(C)(C)C)[C@@H](OC(=O)Cc2ccccc2)[C@@]1(C)F. The standard InChI is InChI=1S/C26H33FN6O6/c1-25(2,3)23(35)37-14-36-12-16-19(39-17(34)11-15-9-7-6-8-10-15)26(4,27)22(38-16)33-13-30-18-20(29-5)31-24(28)32-21(18)33/h6-10,13,16,19,22H,11-12,14H2,1-5H3,(H3,28,29,31,32)/t16-,19-,22-,26-/m1/s1. The first-order valence-corrected chi connectivity index (χ1v) is 12.4. The number of esters is 2. The van der Waals surface area contributed by atoms with Crippen molar-refractivity contribution in [2.45, 2.75) is 58.2 Å². The Morgan fingerprint density at radius 2 is 1.95 bits per heavy atom. The third kappa shape index (κ3) is 6.09. The Morgan fingerprint density at radius 1 is 1.23 bits per heavy atom. The van der Waals surface area contributed by atoms with Crippen LogP contribution in [0.15, 0.2) is 36.7 Å². The van der Waals surface area contributed by atoms with Gasteiger partial charge in [-0.05, 0) is 33.3 Å². The molecule has 1 aliphatic heterocycles. The number of nitrogens with zero attached hydrogens (tertiary/aromatic N) is 4. The van der Waals surface area contributed by atoms with Gasteiger partial charge in [0, 0.05) is 7.05 Å². The lowest BCUT2D eigenvalue weighted by atomic mass is 9.97. The molecule has 39 heavy (non-hydrogen) atoms. The molecule has 1 saturated heterocycles. The van der Waals surface area contributed by atoms with E-state index >= 15 is 4.39 Å². The predicted octanol–water partition coefficient (Wildman–Crippen LogP) is 2.79. The van der Waals surface area contributed by atoms with E-state index in [1.807, 2.05) is 6.07 Å². The van der Waals surface area contributed by atoms with Gasteiger partial charge >= 0.3 is 11.9 Å². The minimum Gasteiger partial charge on any atom is -0.456 e. The molecule has 1 aliphatic rings. The Morgan fingerprint density at radius 3 is 2.62 bits per heavy atom. The quantitative estimate of drug-likeness (QED) is 0.232. The normalized spacial score (nSPS) is 23.1. The van der Waals surface area contributed by atoms with Gasteiger partial charge in [0.05, 0.1) is 24.8 Å². The zero-order chi connectivity index (χ0) is 28.4. The first-order chi connectivity index (χ1) is 18.4. The lowest BCUT2D eigenvalue weighted by Crippen LogP contribution is -2.44. The third-order valence-corrected chi connectivity index (χ3v) is 6.23. The Labute approximate surface area is 225 Å². The van der Waals surface area contributed by atoms with Crippen LogP contribution in [0.3, 0.4) is 0 Å². The lowest BCUT2D eigenvalue weighted by Gasteiger charge is -2.27. The number of halogens is 1. The van der Waals surface area contributed by atoms with E-state index in [0.717, 1.165) is 0 Å². The van der Waals surface area contributed by atoms with Gasteiger partial charge in [-0.3, -0.25) is 14.2 Å². The van der Waals surface area contributed by atoms with E-state index < -0.39 is 41.5 Å². The number of benzene rings is 1. The number of imidazole rings is 1. The number of hydrogen-bond acceptors (Lipinski definition) is 11. The number of nitrogen functional groups attached to an aromatic ring is 1. The van der Waals surface area contributed by atoms with Gasteiger partial charge in [-0.2, -0.15) is 9.97 Å². The molecule has 13 heteroatoms. The van der Waals surface area contributed by atoms with E-state index in [2.05, 4.69) is 20.3 Å². The Balaban J connectivity index is 1.58. The highest BCUT2D eigenvalue weighted by Gasteiger charge is 2.58. The summed E-state index contributed by atoms with van der Waals surface area (Å²) in [6.45, 7) is 5.80. The molecule has 4 atom stereocenters. The van der Waals surface area contributed by atoms with Crippen molar-refractivity contribution in [3.63, 3.8) is 0 Å². The van der Waals surface area contributed by atoms with Gasteiger partial charge in [-0.25, -0.2) is 9.37 Å². The second-order valence-corrected chi connectivity index (χ2v) is 10.4. The van der Waals surface area contributed by atoms with Crippen LogP contribution in [-0.2, 0) is 35.0 Å². The van der Waals surface area contributed by atoms with Crippen LogP contribution < -0.4 is 11.1 Å². The number of aromatic nitrogens is 4. The Bertz CT molecular complexity index is 1330. The molecule has 1 aromatic carbocycles. The van der Waals surface area contributed by atoms with Gasteiger partial charge in [-0.15, -0.1) is 0 Å². The first kappa shape index (κ1) is 28.2. The topological polar surface area (TPSA) is 153 Å². The highest BCUT2D eigenvalue weighted by molar-refractivity contribution is 5.84. The molecule has 0 spiro atoms. The summed E-state index contributed by atoms with van der Waals surface area (Å²) in [5, 5.41) is 2.88. The fourth-order valence-electron chi connectivity index (χ4n) is 4.23. The molecule has 0 aliphatic carbocycles. The van der Waals surface area contributed by atoms with Crippen molar-refractivity contribution in [3.05, 3.63) is 42.2 Å². The van der Waals surface area contributed by atoms with Crippen LogP contribution in [0, 0.1) is 5.41 Å². The number of ether oxygens (including phenoxy) is 4. The molecule has 0 saturated carbocycles. The van der Waals surface area contributed by atoms with E-state index in [0.29, 0.717) is 16.9 Å². The summed E-state index contributed by atoms with van der Waals surface area (Å²) in [7, 11) is 1.65. The molecule has 3 N–H and O–H groups in total. The molecule has 0 radical (unpaired) electrons. The molecule has 0 unspecified atom stereocenters. The lowest BCUT2D eigenvalue weighted by molar-refractivity contribution is -0.172. The Hall–Kier alpha value is -3.84. The van der Waals surface area contributed by atoms with Crippen molar-refractivity contribution in [1.29, 1.82) is 0 Å². The minimum absolute atomic E-state index is 0.0430. The molecule has 210 valence electrons. The molecule has 4 rings (SSSR count). The van der Waals surface area contributed by atoms with Gasteiger partial charge in [0.2, 0.25) is 5.95 Å². The molecule has 12 nitrogen and oxygen atoms in total. The van der Waals surface area contributed by atoms with Gasteiger partial charge in [0.15, 0.2) is 41.8 Å². The number of rotatable bonds is 9. The molecular formula is C26H33FN6O6. The number of carbonyl (C=O) groups is 2. The summed E-state index contributed by atoms with van der Waals surface area (Å²) in [4.78, 5) is 37.5. The molecule has 2 aromatic heterocycles. The van der Waals surface area contributed by atoms with Crippen LogP contribution in [0.25, 0.3) is 11.2 Å².